The number of aliphatic carboxylic acids is 1. The molecule has 1 atom stereocenters. The van der Waals surface area contributed by atoms with Gasteiger partial charge in [-0.25, -0.2) is 9.59 Å². The van der Waals surface area contributed by atoms with Gasteiger partial charge in [0.2, 0.25) is 0 Å². The normalized spacial score (nSPS) is 11.7. The van der Waals surface area contributed by atoms with E-state index in [9.17, 15) is 9.59 Å². The van der Waals surface area contributed by atoms with Gasteiger partial charge in [0, 0.05) is 4.47 Å². The Morgan fingerprint density at radius 3 is 2.67 bits per heavy atom. The fraction of sp³-hybridized carbons (Fsp3) is 0.273. The lowest BCUT2D eigenvalue weighted by Gasteiger charge is -2.13. The summed E-state index contributed by atoms with van der Waals surface area (Å²) in [6, 6.07) is 3.45. The minimum atomic E-state index is -1.07. The minimum Gasteiger partial charge on any atom is -0.480 e. The van der Waals surface area contributed by atoms with Crippen molar-refractivity contribution >= 4 is 45.2 Å². The number of hydrogen-bond acceptors (Lipinski definition) is 2. The smallest absolute Gasteiger partial charge is 0.326 e. The topological polar surface area (TPSA) is 78.4 Å². The number of halogens is 2. The number of carboxylic acids is 1. The molecule has 5 nitrogen and oxygen atoms in total. The number of carbonyl (C=O) groups is 2. The van der Waals surface area contributed by atoms with Crippen molar-refractivity contribution in [2.45, 2.75) is 19.4 Å². The largest absolute Gasteiger partial charge is 0.480 e. The predicted molar refractivity (Wildman–Crippen MR) is 73.0 cm³/mol. The summed E-state index contributed by atoms with van der Waals surface area (Å²) < 4.78 is 0.787. The number of nitrogens with one attached hydrogen (secondary N) is 2. The van der Waals surface area contributed by atoms with Crippen molar-refractivity contribution < 1.29 is 14.7 Å². The first-order valence-electron chi connectivity index (χ1n) is 5.19. The number of benzene rings is 1. The van der Waals surface area contributed by atoms with Gasteiger partial charge in [-0.05, 0) is 24.6 Å². The second-order valence-electron chi connectivity index (χ2n) is 3.52. The van der Waals surface area contributed by atoms with E-state index in [0.717, 1.165) is 4.47 Å². The maximum absolute atomic E-state index is 11.6. The van der Waals surface area contributed by atoms with Crippen LogP contribution >= 0.6 is 27.5 Å². The van der Waals surface area contributed by atoms with E-state index in [2.05, 4.69) is 26.6 Å². The van der Waals surface area contributed by atoms with Crippen molar-refractivity contribution in [2.24, 2.45) is 0 Å². The van der Waals surface area contributed by atoms with Crippen LogP contribution in [-0.4, -0.2) is 23.1 Å². The summed E-state index contributed by atoms with van der Waals surface area (Å²) in [7, 11) is 0. The lowest BCUT2D eigenvalue weighted by atomic mass is 10.2. The molecular weight excluding hydrogens is 323 g/mol. The van der Waals surface area contributed by atoms with E-state index in [4.69, 9.17) is 16.7 Å². The number of carbonyl (C=O) groups excluding carboxylic acids is 1. The summed E-state index contributed by atoms with van der Waals surface area (Å²) in [5.74, 6) is -1.07. The Morgan fingerprint density at radius 1 is 1.50 bits per heavy atom. The standard InChI is InChI=1S/C11H12BrClN2O3/c1-2-8(10(16)17)14-11(18)15-9-4-3-6(12)5-7(9)13/h3-5,8H,2H2,1H3,(H,16,17)(H2,14,15,18)/t8-/m0/s1. The summed E-state index contributed by atoms with van der Waals surface area (Å²) in [6.45, 7) is 1.67. The molecule has 0 aliphatic heterocycles. The van der Waals surface area contributed by atoms with Gasteiger partial charge in [-0.3, -0.25) is 0 Å². The highest BCUT2D eigenvalue weighted by atomic mass is 79.9. The first-order chi connectivity index (χ1) is 8.43. The summed E-state index contributed by atoms with van der Waals surface area (Å²) in [5.41, 5.74) is 0.414. The third kappa shape index (κ3) is 4.19. The number of hydrogen-bond donors (Lipinski definition) is 3. The van der Waals surface area contributed by atoms with Crippen LogP contribution in [0, 0.1) is 0 Å². The molecule has 1 aromatic rings. The number of urea groups is 1. The third-order valence-electron chi connectivity index (χ3n) is 2.19. The van der Waals surface area contributed by atoms with Crippen LogP contribution in [0.5, 0.6) is 0 Å². The molecule has 18 heavy (non-hydrogen) atoms. The molecule has 0 spiro atoms. The van der Waals surface area contributed by atoms with Gasteiger partial charge in [0.15, 0.2) is 0 Å². The molecule has 2 amide bonds. The second-order valence-corrected chi connectivity index (χ2v) is 4.84. The number of amides is 2. The maximum Gasteiger partial charge on any atom is 0.326 e. The summed E-state index contributed by atoms with van der Waals surface area (Å²) in [4.78, 5) is 22.3. The Labute approximate surface area is 118 Å². The van der Waals surface area contributed by atoms with Crippen LogP contribution in [0.2, 0.25) is 5.02 Å². The summed E-state index contributed by atoms with van der Waals surface area (Å²) >= 11 is 9.16. The zero-order valence-corrected chi connectivity index (χ0v) is 11.9. The SMILES string of the molecule is CC[C@H](NC(=O)Nc1ccc(Br)cc1Cl)C(=O)O. The molecule has 0 fully saturated rings. The number of rotatable bonds is 4. The van der Waals surface area contributed by atoms with Gasteiger partial charge in [-0.15, -0.1) is 0 Å². The molecule has 1 rings (SSSR count). The van der Waals surface area contributed by atoms with Crippen LogP contribution in [0.25, 0.3) is 0 Å². The van der Waals surface area contributed by atoms with Gasteiger partial charge >= 0.3 is 12.0 Å². The highest BCUT2D eigenvalue weighted by Crippen LogP contribution is 2.25. The van der Waals surface area contributed by atoms with Gasteiger partial charge in [0.25, 0.3) is 0 Å². The van der Waals surface area contributed by atoms with E-state index in [1.54, 1.807) is 25.1 Å². The molecule has 0 heterocycles. The van der Waals surface area contributed by atoms with Gasteiger partial charge in [-0.2, -0.15) is 0 Å². The van der Waals surface area contributed by atoms with Crippen LogP contribution in [-0.2, 0) is 4.79 Å². The first-order valence-corrected chi connectivity index (χ1v) is 6.36. The molecule has 0 aliphatic carbocycles. The van der Waals surface area contributed by atoms with Crippen molar-refractivity contribution in [1.29, 1.82) is 0 Å². The average Bonchev–Trinajstić information content (AvgIpc) is 2.29. The molecule has 0 radical (unpaired) electrons. The van der Waals surface area contributed by atoms with E-state index in [-0.39, 0.29) is 0 Å². The van der Waals surface area contributed by atoms with Crippen LogP contribution in [0.15, 0.2) is 22.7 Å². The molecule has 0 unspecified atom stereocenters. The molecule has 0 saturated carbocycles. The molecule has 3 N–H and O–H groups in total. The van der Waals surface area contributed by atoms with E-state index < -0.39 is 18.0 Å². The van der Waals surface area contributed by atoms with E-state index in [1.807, 2.05) is 0 Å². The molecule has 0 saturated heterocycles. The fourth-order valence-electron chi connectivity index (χ4n) is 1.25. The van der Waals surface area contributed by atoms with Gasteiger partial charge in [-0.1, -0.05) is 34.5 Å². The van der Waals surface area contributed by atoms with E-state index in [1.165, 1.54) is 0 Å². The first kappa shape index (κ1) is 14.8. The molecule has 0 aliphatic rings. The Bertz CT molecular complexity index is 468. The minimum absolute atomic E-state index is 0.302. The second kappa shape index (κ2) is 6.61. The monoisotopic (exact) mass is 334 g/mol. The van der Waals surface area contributed by atoms with Crippen LogP contribution in [0.4, 0.5) is 10.5 Å². The van der Waals surface area contributed by atoms with Crippen molar-refractivity contribution in [3.05, 3.63) is 27.7 Å². The Kier molecular flexibility index (Phi) is 5.43. The molecule has 0 aromatic heterocycles. The Morgan fingerprint density at radius 2 is 2.17 bits per heavy atom. The Hall–Kier alpha value is -1.27. The Balaban J connectivity index is 2.67. The lowest BCUT2D eigenvalue weighted by Crippen LogP contribution is -2.42. The molecule has 98 valence electrons. The third-order valence-corrected chi connectivity index (χ3v) is 3.00. The van der Waals surface area contributed by atoms with Crippen LogP contribution in [0.1, 0.15) is 13.3 Å². The van der Waals surface area contributed by atoms with Gasteiger partial charge in [0.05, 0.1) is 10.7 Å². The highest BCUT2D eigenvalue weighted by Gasteiger charge is 2.17. The van der Waals surface area contributed by atoms with Crippen molar-refractivity contribution in [3.63, 3.8) is 0 Å². The molecule has 1 aromatic carbocycles. The molecule has 7 heteroatoms. The van der Waals surface area contributed by atoms with Crippen molar-refractivity contribution in [2.75, 3.05) is 5.32 Å². The summed E-state index contributed by atoms with van der Waals surface area (Å²) in [5, 5.41) is 14.0. The van der Waals surface area contributed by atoms with E-state index in [0.29, 0.717) is 17.1 Å². The fourth-order valence-corrected chi connectivity index (χ4v) is 1.97. The molecule has 0 bridgehead atoms. The van der Waals surface area contributed by atoms with Crippen LogP contribution in [0.3, 0.4) is 0 Å². The predicted octanol–water partition coefficient (Wildman–Crippen LogP) is 3.09. The highest BCUT2D eigenvalue weighted by molar-refractivity contribution is 9.10. The van der Waals surface area contributed by atoms with E-state index >= 15 is 0 Å². The maximum atomic E-state index is 11.6. The van der Waals surface area contributed by atoms with Gasteiger partial charge < -0.3 is 15.7 Å². The van der Waals surface area contributed by atoms with Crippen molar-refractivity contribution in [3.8, 4) is 0 Å². The number of anilines is 1. The zero-order valence-electron chi connectivity index (χ0n) is 9.54. The quantitative estimate of drug-likeness (QED) is 0.791. The zero-order chi connectivity index (χ0) is 13.7. The summed E-state index contributed by atoms with van der Waals surface area (Å²) in [6.07, 6.45) is 0.302. The average molecular weight is 336 g/mol. The van der Waals surface area contributed by atoms with Crippen molar-refractivity contribution in [1.82, 2.24) is 5.32 Å². The molecular formula is C11H12BrClN2O3. The van der Waals surface area contributed by atoms with Gasteiger partial charge in [0.1, 0.15) is 6.04 Å². The lowest BCUT2D eigenvalue weighted by molar-refractivity contribution is -0.139. The number of carboxylic acid groups (broad SMARTS) is 1. The van der Waals surface area contributed by atoms with Crippen LogP contribution < -0.4 is 10.6 Å².